The summed E-state index contributed by atoms with van der Waals surface area (Å²) in [5, 5.41) is 5.97. The summed E-state index contributed by atoms with van der Waals surface area (Å²) in [6.45, 7) is 0. The molecule has 2 aromatic heterocycles. The van der Waals surface area contributed by atoms with E-state index in [1.54, 1.807) is 30.3 Å². The van der Waals surface area contributed by atoms with Gasteiger partial charge in [0.25, 0.3) is 0 Å². The minimum Gasteiger partial charge on any atom is -0.326 e. The van der Waals surface area contributed by atoms with Gasteiger partial charge in [0.15, 0.2) is 5.15 Å². The van der Waals surface area contributed by atoms with Crippen LogP contribution in [0.1, 0.15) is 18.5 Å². The van der Waals surface area contributed by atoms with Crippen LogP contribution in [0.15, 0.2) is 54.7 Å². The zero-order valence-corrected chi connectivity index (χ0v) is 15.1. The Labute approximate surface area is 160 Å². The number of hydrogen-bond acceptors (Lipinski definition) is 3. The van der Waals surface area contributed by atoms with Crippen molar-refractivity contribution in [3.8, 4) is 0 Å². The predicted molar refractivity (Wildman–Crippen MR) is 106 cm³/mol. The van der Waals surface area contributed by atoms with Crippen molar-refractivity contribution in [1.82, 2.24) is 9.38 Å². The lowest BCUT2D eigenvalue weighted by Crippen LogP contribution is -2.13. The van der Waals surface area contributed by atoms with Gasteiger partial charge in [-0.15, -0.1) is 0 Å². The molecule has 1 aliphatic carbocycles. The molecule has 0 radical (unpaired) electrons. The number of halogens is 1. The summed E-state index contributed by atoms with van der Waals surface area (Å²) in [6, 6.07) is 12.6. The smallest absolute Gasteiger partial charge is 0.248 e. The first-order chi connectivity index (χ1) is 13.1. The van der Waals surface area contributed by atoms with Gasteiger partial charge in [-0.3, -0.25) is 14.0 Å². The molecule has 0 atom stereocenters. The van der Waals surface area contributed by atoms with E-state index in [0.29, 0.717) is 22.2 Å². The van der Waals surface area contributed by atoms with Crippen molar-refractivity contribution >= 4 is 46.5 Å². The fraction of sp³-hybridized carbons (Fsp3) is 0.150. The first kappa shape index (κ1) is 17.3. The molecule has 0 bridgehead atoms. The fourth-order valence-corrected chi connectivity index (χ4v) is 2.94. The number of nitrogens with one attached hydrogen (secondary N) is 2. The van der Waals surface area contributed by atoms with Crippen LogP contribution in [-0.2, 0) is 9.59 Å². The first-order valence-electron chi connectivity index (χ1n) is 8.63. The van der Waals surface area contributed by atoms with Gasteiger partial charge in [-0.25, -0.2) is 4.98 Å². The van der Waals surface area contributed by atoms with E-state index >= 15 is 0 Å². The third-order valence-corrected chi connectivity index (χ3v) is 4.56. The molecule has 3 aromatic rings. The molecule has 2 heterocycles. The van der Waals surface area contributed by atoms with E-state index < -0.39 is 0 Å². The van der Waals surface area contributed by atoms with Crippen molar-refractivity contribution in [2.24, 2.45) is 5.92 Å². The van der Waals surface area contributed by atoms with E-state index in [4.69, 9.17) is 11.6 Å². The number of hydrogen-bond donors (Lipinski definition) is 2. The average Bonchev–Trinajstić information content (AvgIpc) is 3.45. The van der Waals surface area contributed by atoms with Gasteiger partial charge in [0.05, 0.1) is 5.69 Å². The highest BCUT2D eigenvalue weighted by Gasteiger charge is 2.29. The average molecular weight is 381 g/mol. The van der Waals surface area contributed by atoms with Crippen molar-refractivity contribution in [3.05, 3.63) is 65.6 Å². The van der Waals surface area contributed by atoms with Crippen molar-refractivity contribution in [2.45, 2.75) is 12.8 Å². The maximum Gasteiger partial charge on any atom is 0.248 e. The Kier molecular flexibility index (Phi) is 4.64. The van der Waals surface area contributed by atoms with E-state index in [1.165, 1.54) is 6.08 Å². The van der Waals surface area contributed by atoms with Gasteiger partial charge in [0, 0.05) is 29.6 Å². The predicted octanol–water partition coefficient (Wildman–Crippen LogP) is 3.99. The Hall–Kier alpha value is -3.12. The van der Waals surface area contributed by atoms with Crippen molar-refractivity contribution in [3.63, 3.8) is 0 Å². The number of imidazole rings is 1. The van der Waals surface area contributed by atoms with Gasteiger partial charge in [-0.05, 0) is 55.3 Å². The van der Waals surface area contributed by atoms with Crippen LogP contribution >= 0.6 is 11.6 Å². The second-order valence-corrected chi connectivity index (χ2v) is 6.74. The van der Waals surface area contributed by atoms with Gasteiger partial charge < -0.3 is 10.6 Å². The number of nitrogens with zero attached hydrogens (tertiary/aromatic N) is 2. The Morgan fingerprint density at radius 2 is 1.78 bits per heavy atom. The van der Waals surface area contributed by atoms with Gasteiger partial charge >= 0.3 is 0 Å². The summed E-state index contributed by atoms with van der Waals surface area (Å²) in [4.78, 5) is 28.2. The number of pyridine rings is 1. The maximum atomic E-state index is 12.2. The lowest BCUT2D eigenvalue weighted by molar-refractivity contribution is -0.117. The minimum absolute atomic E-state index is 0.0552. The molecule has 4 rings (SSSR count). The number of carbonyl (C=O) groups is 2. The monoisotopic (exact) mass is 380 g/mol. The van der Waals surface area contributed by atoms with Crippen LogP contribution in [0.25, 0.3) is 11.7 Å². The molecule has 136 valence electrons. The number of aromatic nitrogens is 2. The van der Waals surface area contributed by atoms with E-state index in [9.17, 15) is 9.59 Å². The van der Waals surface area contributed by atoms with Crippen LogP contribution in [0.5, 0.6) is 0 Å². The van der Waals surface area contributed by atoms with Gasteiger partial charge in [-0.2, -0.15) is 0 Å². The first-order valence-corrected chi connectivity index (χ1v) is 9.00. The molecule has 0 saturated heterocycles. The minimum atomic E-state index is -0.285. The summed E-state index contributed by atoms with van der Waals surface area (Å²) in [5.74, 6) is -0.0766. The summed E-state index contributed by atoms with van der Waals surface area (Å²) >= 11 is 6.15. The molecule has 2 N–H and O–H groups in total. The lowest BCUT2D eigenvalue weighted by Gasteiger charge is -2.06. The number of rotatable bonds is 5. The number of anilines is 2. The second-order valence-electron chi connectivity index (χ2n) is 6.38. The highest BCUT2D eigenvalue weighted by molar-refractivity contribution is 6.31. The largest absolute Gasteiger partial charge is 0.326 e. The van der Waals surface area contributed by atoms with Crippen LogP contribution < -0.4 is 10.6 Å². The Morgan fingerprint density at radius 1 is 1.07 bits per heavy atom. The van der Waals surface area contributed by atoms with Crippen LogP contribution in [0.2, 0.25) is 5.15 Å². The third kappa shape index (κ3) is 4.01. The molecule has 7 heteroatoms. The fourth-order valence-electron chi connectivity index (χ4n) is 2.70. The molecular weight excluding hydrogens is 364 g/mol. The zero-order valence-electron chi connectivity index (χ0n) is 14.4. The van der Waals surface area contributed by atoms with Crippen LogP contribution in [-0.4, -0.2) is 21.2 Å². The molecule has 1 aromatic carbocycles. The Balaban J connectivity index is 1.40. The van der Waals surface area contributed by atoms with Crippen molar-refractivity contribution in [2.75, 3.05) is 10.6 Å². The molecular formula is C20H17ClN4O2. The van der Waals surface area contributed by atoms with Gasteiger partial charge in [0.1, 0.15) is 5.65 Å². The SMILES string of the molecule is O=C(/C=C/c1c(Cl)nc2ccccn12)Nc1ccc(NC(=O)C2CC2)cc1. The summed E-state index contributed by atoms with van der Waals surface area (Å²) in [7, 11) is 0. The number of amides is 2. The van der Waals surface area contributed by atoms with Crippen LogP contribution in [0, 0.1) is 5.92 Å². The van der Waals surface area contributed by atoms with E-state index in [2.05, 4.69) is 15.6 Å². The molecule has 0 unspecified atom stereocenters. The Morgan fingerprint density at radius 3 is 2.48 bits per heavy atom. The normalized spacial score (nSPS) is 13.8. The summed E-state index contributed by atoms with van der Waals surface area (Å²) in [5.41, 5.74) is 2.71. The highest BCUT2D eigenvalue weighted by atomic mass is 35.5. The van der Waals surface area contributed by atoms with Crippen LogP contribution in [0.3, 0.4) is 0 Å². The highest BCUT2D eigenvalue weighted by Crippen LogP contribution is 2.30. The maximum absolute atomic E-state index is 12.2. The topological polar surface area (TPSA) is 75.5 Å². The molecule has 0 aliphatic heterocycles. The summed E-state index contributed by atoms with van der Waals surface area (Å²) in [6.07, 6.45) is 6.79. The Bertz CT molecular complexity index is 1040. The molecule has 1 aliphatic rings. The quantitative estimate of drug-likeness (QED) is 0.657. The number of fused-ring (bicyclic) bond motifs is 1. The third-order valence-electron chi connectivity index (χ3n) is 4.28. The molecule has 2 amide bonds. The lowest BCUT2D eigenvalue weighted by atomic mass is 10.2. The summed E-state index contributed by atoms with van der Waals surface area (Å²) < 4.78 is 1.81. The van der Waals surface area contributed by atoms with Gasteiger partial charge in [-0.1, -0.05) is 17.7 Å². The van der Waals surface area contributed by atoms with Crippen LogP contribution in [0.4, 0.5) is 11.4 Å². The van der Waals surface area contributed by atoms with E-state index in [0.717, 1.165) is 18.5 Å². The van der Waals surface area contributed by atoms with Gasteiger partial charge in [0.2, 0.25) is 11.8 Å². The molecule has 6 nitrogen and oxygen atoms in total. The zero-order chi connectivity index (χ0) is 18.8. The molecule has 27 heavy (non-hydrogen) atoms. The standard InChI is InChI=1S/C20H17ClN4O2/c21-19-16(25-12-2-1-3-17(25)24-19)10-11-18(26)22-14-6-8-15(9-7-14)23-20(27)13-4-5-13/h1-3,6-13H,4-5H2,(H,22,26)(H,23,27)/b11-10+. The molecule has 1 saturated carbocycles. The number of benzene rings is 1. The van der Waals surface area contributed by atoms with E-state index in [1.807, 2.05) is 28.8 Å². The van der Waals surface area contributed by atoms with Crippen molar-refractivity contribution < 1.29 is 9.59 Å². The molecule has 0 spiro atoms. The van der Waals surface area contributed by atoms with Crippen molar-refractivity contribution in [1.29, 1.82) is 0 Å². The number of carbonyl (C=O) groups excluding carboxylic acids is 2. The second kappa shape index (κ2) is 7.25. The van der Waals surface area contributed by atoms with E-state index in [-0.39, 0.29) is 17.7 Å². The molecule has 1 fully saturated rings.